The highest BCUT2D eigenvalue weighted by molar-refractivity contribution is 5.43. The molecule has 0 fully saturated rings. The molecular weight excluding hydrogens is 258 g/mol. The molecule has 1 aromatic heterocycles. The fraction of sp³-hybridized carbons (Fsp3) is 0. The smallest absolute Gasteiger partial charge is 0.214 e. The molecule has 0 aliphatic carbocycles. The Morgan fingerprint density at radius 2 is 1.53 bits per heavy atom. The van der Waals surface area contributed by atoms with Crippen LogP contribution in [0.4, 0.5) is 0 Å². The molecule has 0 radical (unpaired) electrons. The average Bonchev–Trinajstić information content (AvgIpc) is 2.23. The van der Waals surface area contributed by atoms with Crippen LogP contribution in [0.25, 0.3) is 5.69 Å². The average molecular weight is 268 g/mol. The molecule has 3 nitrogen and oxygen atoms in total. The second kappa shape index (κ2) is 4.79. The quantitative estimate of drug-likeness (QED) is 0.482. The third-order valence-electron chi connectivity index (χ3n) is 1.97. The molecule has 0 spiro atoms. The zero-order chi connectivity index (χ0) is 9.97. The number of aromatic nitrogens is 1. The Bertz CT molecular complexity index is 446. The minimum Gasteiger partial charge on any atom is -1.00 e. The van der Waals surface area contributed by atoms with Crippen LogP contribution in [0.2, 0.25) is 0 Å². The van der Waals surface area contributed by atoms with Gasteiger partial charge in [-0.15, -0.1) is 0 Å². The molecule has 2 rings (SSSR count). The lowest BCUT2D eigenvalue weighted by molar-refractivity contribution is -0.595. The first-order valence-corrected chi connectivity index (χ1v) is 4.26. The maximum Gasteiger partial charge on any atom is 0.214 e. The van der Waals surface area contributed by atoms with Gasteiger partial charge in [0.2, 0.25) is 5.69 Å². The van der Waals surface area contributed by atoms with E-state index in [-0.39, 0.29) is 28.5 Å². The molecule has 0 aliphatic heterocycles. The number of pyridine rings is 1. The van der Waals surface area contributed by atoms with E-state index in [2.05, 4.69) is 0 Å². The predicted octanol–water partition coefficient (Wildman–Crippen LogP) is -1.62. The van der Waals surface area contributed by atoms with Crippen LogP contribution in [0.3, 0.4) is 0 Å². The van der Waals surface area contributed by atoms with E-state index in [9.17, 15) is 5.11 Å². The van der Waals surface area contributed by atoms with Crippen LogP contribution in [0.1, 0.15) is 0 Å². The number of benzene rings is 1. The maximum atomic E-state index is 9.30. The van der Waals surface area contributed by atoms with E-state index < -0.39 is 0 Å². The Balaban J connectivity index is 0.00000112. The van der Waals surface area contributed by atoms with Crippen LogP contribution < -0.4 is 21.5 Å². The number of phenolic OH excluding ortho intramolecular Hbond substituents is 2. The van der Waals surface area contributed by atoms with Crippen LogP contribution >= 0.6 is 0 Å². The Morgan fingerprint density at radius 1 is 0.867 bits per heavy atom. The van der Waals surface area contributed by atoms with Gasteiger partial charge in [-0.3, -0.25) is 0 Å². The van der Waals surface area contributed by atoms with Crippen LogP contribution in [-0.4, -0.2) is 10.2 Å². The van der Waals surface area contributed by atoms with Crippen molar-refractivity contribution in [2.24, 2.45) is 0 Å². The summed E-state index contributed by atoms with van der Waals surface area (Å²) in [6.07, 6.45) is 3.73. The van der Waals surface area contributed by atoms with Crippen molar-refractivity contribution in [3.8, 4) is 17.2 Å². The van der Waals surface area contributed by atoms with E-state index in [1.807, 2.05) is 35.2 Å². The lowest BCUT2D eigenvalue weighted by atomic mass is 10.2. The second-order valence-electron chi connectivity index (χ2n) is 2.96. The number of phenols is 2. The molecule has 1 heterocycles. The van der Waals surface area contributed by atoms with Gasteiger partial charge in [-0.25, -0.2) is 0 Å². The molecule has 0 aliphatic rings. The third-order valence-corrected chi connectivity index (χ3v) is 1.97. The van der Waals surface area contributed by atoms with Crippen molar-refractivity contribution in [3.63, 3.8) is 0 Å². The monoisotopic (exact) mass is 267 g/mol. The Kier molecular flexibility index (Phi) is 3.68. The molecule has 0 unspecified atom stereocenters. The number of rotatable bonds is 1. The molecule has 15 heavy (non-hydrogen) atoms. The zero-order valence-electron chi connectivity index (χ0n) is 7.84. The number of aromatic hydroxyl groups is 2. The first kappa shape index (κ1) is 11.5. The van der Waals surface area contributed by atoms with Crippen molar-refractivity contribution in [3.05, 3.63) is 48.8 Å². The zero-order valence-corrected chi connectivity index (χ0v) is 9.42. The number of hydrogen-bond donors (Lipinski definition) is 2. The van der Waals surface area contributed by atoms with E-state index in [4.69, 9.17) is 5.11 Å². The standard InChI is InChI=1S/C11H9NO2.BrH/c13-10-5-4-9(8-11(10)14)12-6-2-1-3-7-12;/h1-8H,(H-,13,14);1H. The number of nitrogens with zero attached hydrogens (tertiary/aromatic N) is 1. The molecule has 2 aromatic rings. The SMILES string of the molecule is Oc1ccc(-[n+]2ccccc2)cc1O.[Br-]. The van der Waals surface area contributed by atoms with Gasteiger partial charge in [0.25, 0.3) is 0 Å². The van der Waals surface area contributed by atoms with E-state index in [1.165, 1.54) is 12.1 Å². The van der Waals surface area contributed by atoms with Crippen LogP contribution in [0, 0.1) is 0 Å². The molecule has 0 atom stereocenters. The largest absolute Gasteiger partial charge is 1.00 e. The lowest BCUT2D eigenvalue weighted by Crippen LogP contribution is -3.00. The summed E-state index contributed by atoms with van der Waals surface area (Å²) in [5.41, 5.74) is 0.806. The van der Waals surface area contributed by atoms with Crippen molar-refractivity contribution in [1.82, 2.24) is 0 Å². The summed E-state index contributed by atoms with van der Waals surface area (Å²) in [6.45, 7) is 0. The van der Waals surface area contributed by atoms with Gasteiger partial charge in [0.15, 0.2) is 23.9 Å². The maximum absolute atomic E-state index is 9.30. The first-order chi connectivity index (χ1) is 6.77. The molecular formula is C11H10BrNO2. The topological polar surface area (TPSA) is 44.3 Å². The van der Waals surface area contributed by atoms with Crippen molar-refractivity contribution in [1.29, 1.82) is 0 Å². The molecule has 0 saturated heterocycles. The summed E-state index contributed by atoms with van der Waals surface area (Å²) in [6, 6.07) is 10.4. The summed E-state index contributed by atoms with van der Waals surface area (Å²) in [4.78, 5) is 0. The van der Waals surface area contributed by atoms with Gasteiger partial charge < -0.3 is 27.2 Å². The summed E-state index contributed by atoms with van der Waals surface area (Å²) < 4.78 is 1.85. The van der Waals surface area contributed by atoms with E-state index in [0.717, 1.165) is 5.69 Å². The van der Waals surface area contributed by atoms with Gasteiger partial charge in [-0.2, -0.15) is 4.57 Å². The fourth-order valence-corrected chi connectivity index (χ4v) is 1.24. The van der Waals surface area contributed by atoms with E-state index in [0.29, 0.717) is 0 Å². The van der Waals surface area contributed by atoms with E-state index >= 15 is 0 Å². The summed E-state index contributed by atoms with van der Waals surface area (Å²) >= 11 is 0. The Labute approximate surface area is 98.0 Å². The van der Waals surface area contributed by atoms with Crippen LogP contribution in [0.15, 0.2) is 48.8 Å². The van der Waals surface area contributed by atoms with E-state index in [1.54, 1.807) is 6.07 Å². The van der Waals surface area contributed by atoms with Crippen LogP contribution in [0.5, 0.6) is 11.5 Å². The molecule has 78 valence electrons. The van der Waals surface area contributed by atoms with Gasteiger partial charge in [0, 0.05) is 18.2 Å². The second-order valence-corrected chi connectivity index (χ2v) is 2.96. The van der Waals surface area contributed by atoms with Crippen LogP contribution in [-0.2, 0) is 0 Å². The molecule has 4 heteroatoms. The van der Waals surface area contributed by atoms with Gasteiger partial charge in [-0.05, 0) is 6.07 Å². The Morgan fingerprint density at radius 3 is 2.13 bits per heavy atom. The summed E-state index contributed by atoms with van der Waals surface area (Å²) in [5.74, 6) is -0.218. The van der Waals surface area contributed by atoms with Crippen molar-refractivity contribution >= 4 is 0 Å². The highest BCUT2D eigenvalue weighted by Crippen LogP contribution is 2.24. The lowest BCUT2D eigenvalue weighted by Gasteiger charge is -1.98. The minimum atomic E-state index is -0.112. The number of hydrogen-bond acceptors (Lipinski definition) is 2. The fourth-order valence-electron chi connectivity index (χ4n) is 1.24. The molecule has 0 bridgehead atoms. The molecule has 0 amide bonds. The van der Waals surface area contributed by atoms with Crippen molar-refractivity contribution in [2.75, 3.05) is 0 Å². The summed E-state index contributed by atoms with van der Waals surface area (Å²) in [5, 5.41) is 18.4. The minimum absolute atomic E-state index is 0. The Hall–Kier alpha value is -1.55. The first-order valence-electron chi connectivity index (χ1n) is 4.26. The van der Waals surface area contributed by atoms with Gasteiger partial charge in [0.1, 0.15) is 0 Å². The van der Waals surface area contributed by atoms with Gasteiger partial charge in [-0.1, -0.05) is 6.07 Å². The predicted molar refractivity (Wildman–Crippen MR) is 51.3 cm³/mol. The number of halogens is 1. The summed E-state index contributed by atoms with van der Waals surface area (Å²) in [7, 11) is 0. The molecule has 1 aromatic carbocycles. The highest BCUT2D eigenvalue weighted by atomic mass is 79.9. The molecule has 2 N–H and O–H groups in total. The normalized spacial score (nSPS) is 9.33. The molecule has 0 saturated carbocycles. The van der Waals surface area contributed by atoms with Crippen molar-refractivity contribution in [2.45, 2.75) is 0 Å². The third kappa shape index (κ3) is 2.47. The van der Waals surface area contributed by atoms with Gasteiger partial charge >= 0.3 is 0 Å². The highest BCUT2D eigenvalue weighted by Gasteiger charge is 2.07. The van der Waals surface area contributed by atoms with Crippen molar-refractivity contribution < 1.29 is 31.8 Å². The van der Waals surface area contributed by atoms with Gasteiger partial charge in [0.05, 0.1) is 6.07 Å².